The van der Waals surface area contributed by atoms with E-state index in [9.17, 15) is 10.1 Å². The summed E-state index contributed by atoms with van der Waals surface area (Å²) in [4.78, 5) is 15.4. The molecule has 120 valence electrons. The van der Waals surface area contributed by atoms with Crippen molar-refractivity contribution in [2.45, 2.75) is 26.7 Å². The first kappa shape index (κ1) is 16.3. The van der Waals surface area contributed by atoms with Gasteiger partial charge in [0.25, 0.3) is 0 Å². The Labute approximate surface area is 132 Å². The Morgan fingerprint density at radius 3 is 2.45 bits per heavy atom. The second kappa shape index (κ2) is 7.26. The van der Waals surface area contributed by atoms with E-state index in [-0.39, 0.29) is 11.4 Å². The molecule has 2 rings (SSSR count). The number of thiazole rings is 1. The van der Waals surface area contributed by atoms with Gasteiger partial charge < -0.3 is 14.8 Å². The Morgan fingerprint density at radius 2 is 1.91 bits per heavy atom. The molecule has 1 aromatic heterocycles. The summed E-state index contributed by atoms with van der Waals surface area (Å²) >= 11 is 1.22. The Balaban J connectivity index is 2.64. The Kier molecular flexibility index (Phi) is 5.37. The van der Waals surface area contributed by atoms with E-state index in [2.05, 4.69) is 10.3 Å². The van der Waals surface area contributed by atoms with Crippen LogP contribution in [0.2, 0.25) is 0 Å². The first-order valence-corrected chi connectivity index (χ1v) is 7.99. The molecule has 0 radical (unpaired) electrons. The molecule has 1 N–H and O–H groups in total. The molecule has 1 aromatic carbocycles. The number of fused-ring (bicyclic) bond motifs is 1. The van der Waals surface area contributed by atoms with Crippen molar-refractivity contribution >= 4 is 32.4 Å². The van der Waals surface area contributed by atoms with Crippen molar-refractivity contribution in [2.75, 3.05) is 25.6 Å². The number of nitro benzene ring substituents is 1. The van der Waals surface area contributed by atoms with Gasteiger partial charge in [-0.1, -0.05) is 25.2 Å². The van der Waals surface area contributed by atoms with Gasteiger partial charge in [0.1, 0.15) is 10.2 Å². The van der Waals surface area contributed by atoms with Crippen molar-refractivity contribution in [1.82, 2.24) is 4.98 Å². The third-order valence-electron chi connectivity index (χ3n) is 2.89. The van der Waals surface area contributed by atoms with Crippen LogP contribution in [0.4, 0.5) is 10.8 Å². The van der Waals surface area contributed by atoms with Gasteiger partial charge in [-0.15, -0.1) is 0 Å². The van der Waals surface area contributed by atoms with E-state index in [1.165, 1.54) is 11.3 Å². The third kappa shape index (κ3) is 3.22. The highest BCUT2D eigenvalue weighted by Gasteiger charge is 2.26. The van der Waals surface area contributed by atoms with Gasteiger partial charge in [0.15, 0.2) is 10.9 Å². The molecule has 0 fully saturated rings. The van der Waals surface area contributed by atoms with Gasteiger partial charge in [-0.25, -0.2) is 4.98 Å². The van der Waals surface area contributed by atoms with Crippen LogP contribution in [0.3, 0.4) is 0 Å². The summed E-state index contributed by atoms with van der Waals surface area (Å²) in [5, 5.41) is 15.0. The molecule has 0 spiro atoms. The molecule has 0 atom stereocenters. The van der Waals surface area contributed by atoms with E-state index in [1.54, 1.807) is 13.1 Å². The quantitative estimate of drug-likeness (QED) is 0.586. The maximum absolute atomic E-state index is 11.5. The predicted octanol–water partition coefficient (Wildman–Crippen LogP) is 3.82. The average Bonchev–Trinajstić information content (AvgIpc) is 2.93. The number of hydrogen-bond acceptors (Lipinski definition) is 7. The fraction of sp³-hybridized carbons (Fsp3) is 0.500. The van der Waals surface area contributed by atoms with Crippen LogP contribution >= 0.6 is 11.3 Å². The van der Waals surface area contributed by atoms with Gasteiger partial charge in [0.2, 0.25) is 5.75 Å². The molecule has 22 heavy (non-hydrogen) atoms. The summed E-state index contributed by atoms with van der Waals surface area (Å²) in [6, 6.07) is 1.57. The molecule has 0 amide bonds. The highest BCUT2D eigenvalue weighted by Crippen LogP contribution is 2.45. The molecule has 0 unspecified atom stereocenters. The molecular formula is C14H19N3O4S. The fourth-order valence-corrected chi connectivity index (χ4v) is 2.89. The molecule has 0 bridgehead atoms. The Hall–Kier alpha value is -2.09. The number of nitro groups is 1. The number of ether oxygens (including phenoxy) is 2. The topological polar surface area (TPSA) is 86.5 Å². The number of aromatic nitrogens is 1. The second-order valence-corrected chi connectivity index (χ2v) is 5.62. The summed E-state index contributed by atoms with van der Waals surface area (Å²) in [6.45, 7) is 4.88. The van der Waals surface area contributed by atoms with Crippen LogP contribution in [0.15, 0.2) is 6.07 Å². The summed E-state index contributed by atoms with van der Waals surface area (Å²) in [6.07, 6.45) is 1.61. The zero-order chi connectivity index (χ0) is 16.1. The minimum Gasteiger partial charge on any atom is -0.491 e. The molecule has 2 aromatic rings. The lowest BCUT2D eigenvalue weighted by atomic mass is 10.2. The first-order valence-electron chi connectivity index (χ1n) is 7.17. The fourth-order valence-electron chi connectivity index (χ4n) is 1.94. The van der Waals surface area contributed by atoms with Gasteiger partial charge in [0.05, 0.1) is 18.1 Å². The summed E-state index contributed by atoms with van der Waals surface area (Å²) in [5.41, 5.74) is 0.449. The maximum Gasteiger partial charge on any atom is 0.330 e. The van der Waals surface area contributed by atoms with Crippen LogP contribution in [0.5, 0.6) is 11.5 Å². The van der Waals surface area contributed by atoms with E-state index in [0.717, 1.165) is 12.8 Å². The van der Waals surface area contributed by atoms with Crippen LogP contribution in [-0.2, 0) is 0 Å². The van der Waals surface area contributed by atoms with Crippen LogP contribution in [0.25, 0.3) is 10.2 Å². The zero-order valence-corrected chi connectivity index (χ0v) is 13.7. The van der Waals surface area contributed by atoms with Crippen molar-refractivity contribution in [1.29, 1.82) is 0 Å². The van der Waals surface area contributed by atoms with Crippen LogP contribution in [0.1, 0.15) is 26.7 Å². The number of benzene rings is 1. The van der Waals surface area contributed by atoms with E-state index in [1.807, 2.05) is 13.8 Å². The number of rotatable bonds is 8. The number of anilines is 1. The summed E-state index contributed by atoms with van der Waals surface area (Å²) in [7, 11) is 1.73. The average molecular weight is 325 g/mol. The van der Waals surface area contributed by atoms with Crippen LogP contribution < -0.4 is 14.8 Å². The van der Waals surface area contributed by atoms with Crippen LogP contribution in [-0.4, -0.2) is 30.2 Å². The lowest BCUT2D eigenvalue weighted by Crippen LogP contribution is -2.02. The third-order valence-corrected chi connectivity index (χ3v) is 3.97. The van der Waals surface area contributed by atoms with Gasteiger partial charge in [-0.05, 0) is 12.8 Å². The van der Waals surface area contributed by atoms with E-state index in [0.29, 0.717) is 34.3 Å². The molecule has 1 heterocycles. The normalized spacial score (nSPS) is 10.7. The molecule has 0 aliphatic rings. The molecule has 0 aliphatic heterocycles. The minimum atomic E-state index is -0.422. The van der Waals surface area contributed by atoms with Gasteiger partial charge >= 0.3 is 5.69 Å². The Morgan fingerprint density at radius 1 is 1.27 bits per heavy atom. The van der Waals surface area contributed by atoms with Crippen molar-refractivity contribution in [2.24, 2.45) is 0 Å². The van der Waals surface area contributed by atoms with Crippen molar-refractivity contribution in [3.05, 3.63) is 16.2 Å². The van der Waals surface area contributed by atoms with E-state index in [4.69, 9.17) is 9.47 Å². The molecule has 8 heteroatoms. The van der Waals surface area contributed by atoms with E-state index >= 15 is 0 Å². The van der Waals surface area contributed by atoms with Gasteiger partial charge in [0, 0.05) is 13.1 Å². The van der Waals surface area contributed by atoms with Crippen molar-refractivity contribution in [3.8, 4) is 11.5 Å². The maximum atomic E-state index is 11.5. The van der Waals surface area contributed by atoms with Gasteiger partial charge in [-0.3, -0.25) is 10.1 Å². The van der Waals surface area contributed by atoms with Crippen molar-refractivity contribution < 1.29 is 14.4 Å². The molecule has 7 nitrogen and oxygen atoms in total. The largest absolute Gasteiger partial charge is 0.491 e. The number of nitrogens with zero attached hydrogens (tertiary/aromatic N) is 2. The molecular weight excluding hydrogens is 306 g/mol. The number of nitrogens with one attached hydrogen (secondary N) is 1. The molecule has 0 aliphatic carbocycles. The minimum absolute atomic E-state index is 0.0497. The van der Waals surface area contributed by atoms with E-state index < -0.39 is 4.92 Å². The lowest BCUT2D eigenvalue weighted by molar-refractivity contribution is -0.383. The predicted molar refractivity (Wildman–Crippen MR) is 87.4 cm³/mol. The SMILES string of the molecule is CCCOc1cc(OCCC)c2nc(NC)sc2c1[N+](=O)[O-]. The molecule has 0 saturated heterocycles. The van der Waals surface area contributed by atoms with Gasteiger partial charge in [-0.2, -0.15) is 0 Å². The summed E-state index contributed by atoms with van der Waals surface area (Å²) < 4.78 is 11.7. The van der Waals surface area contributed by atoms with Crippen molar-refractivity contribution in [3.63, 3.8) is 0 Å². The standard InChI is InChI=1S/C14H19N3O4S/c1-4-6-20-9-8-10(21-7-5-2)12(17(18)19)13-11(9)16-14(15-3)22-13/h8H,4-7H2,1-3H3,(H,15,16). The summed E-state index contributed by atoms with van der Waals surface area (Å²) in [5.74, 6) is 0.753. The van der Waals surface area contributed by atoms with Crippen LogP contribution in [0, 0.1) is 10.1 Å². The number of hydrogen-bond donors (Lipinski definition) is 1. The second-order valence-electron chi connectivity index (χ2n) is 4.62. The smallest absolute Gasteiger partial charge is 0.330 e. The highest BCUT2D eigenvalue weighted by molar-refractivity contribution is 7.22. The molecule has 0 saturated carbocycles. The first-order chi connectivity index (χ1) is 10.6. The zero-order valence-electron chi connectivity index (χ0n) is 12.8. The lowest BCUT2D eigenvalue weighted by Gasteiger charge is -2.10. The monoisotopic (exact) mass is 325 g/mol. The Bertz CT molecular complexity index is 672. The highest BCUT2D eigenvalue weighted by atomic mass is 32.1.